The number of ether oxygens (including phenoxy) is 2. The monoisotopic (exact) mass is 237 g/mol. The van der Waals surface area contributed by atoms with E-state index in [-0.39, 0.29) is 6.79 Å². The van der Waals surface area contributed by atoms with Crippen molar-refractivity contribution in [3.63, 3.8) is 0 Å². The summed E-state index contributed by atoms with van der Waals surface area (Å²) in [6.07, 6.45) is 0.0949. The van der Waals surface area contributed by atoms with E-state index in [1.54, 1.807) is 13.0 Å². The van der Waals surface area contributed by atoms with E-state index in [0.717, 1.165) is 30.8 Å². The van der Waals surface area contributed by atoms with Crippen LogP contribution in [-0.2, 0) is 0 Å². The molecule has 0 aliphatic carbocycles. The Kier molecular flexibility index (Phi) is 2.67. The lowest BCUT2D eigenvalue weighted by Gasteiger charge is -2.14. The van der Waals surface area contributed by atoms with Crippen molar-refractivity contribution >= 4 is 0 Å². The van der Waals surface area contributed by atoms with Gasteiger partial charge >= 0.3 is 0 Å². The molecule has 2 heterocycles. The second-order valence-electron chi connectivity index (χ2n) is 4.65. The van der Waals surface area contributed by atoms with Crippen molar-refractivity contribution in [1.29, 1.82) is 0 Å². The van der Waals surface area contributed by atoms with Gasteiger partial charge in [-0.2, -0.15) is 0 Å². The van der Waals surface area contributed by atoms with Gasteiger partial charge in [0.15, 0.2) is 11.5 Å². The first-order chi connectivity index (χ1) is 8.25. The fraction of sp³-hybridized carbons (Fsp3) is 0.538. The minimum absolute atomic E-state index is 0.243. The van der Waals surface area contributed by atoms with Gasteiger partial charge in [-0.3, -0.25) is 0 Å². The molecular weight excluding hydrogens is 221 g/mol. The van der Waals surface area contributed by atoms with Crippen LogP contribution in [0.15, 0.2) is 12.1 Å². The Morgan fingerprint density at radius 3 is 3.00 bits per heavy atom. The minimum atomic E-state index is -0.974. The molecule has 1 N–H and O–H groups in total. The lowest BCUT2D eigenvalue weighted by Crippen LogP contribution is -2.08. The maximum atomic E-state index is 13.5. The molecule has 0 bridgehead atoms. The average molecular weight is 237 g/mol. The van der Waals surface area contributed by atoms with Gasteiger partial charge in [-0.25, -0.2) is 4.39 Å². The van der Waals surface area contributed by atoms with Crippen molar-refractivity contribution in [2.45, 2.75) is 25.4 Å². The Balaban J connectivity index is 2.05. The number of hydrogen-bond donors (Lipinski definition) is 1. The van der Waals surface area contributed by atoms with E-state index in [1.807, 2.05) is 6.07 Å². The highest BCUT2D eigenvalue weighted by atomic mass is 19.1. The Labute approximate surface area is 99.9 Å². The first kappa shape index (κ1) is 10.8. The number of halogens is 1. The van der Waals surface area contributed by atoms with Crippen LogP contribution in [0.3, 0.4) is 0 Å². The summed E-state index contributed by atoms with van der Waals surface area (Å²) in [4.78, 5) is 0. The second kappa shape index (κ2) is 4.18. The number of benzene rings is 1. The molecule has 2 atom stereocenters. The topological polar surface area (TPSA) is 30.5 Å². The first-order valence-corrected chi connectivity index (χ1v) is 6.04. The highest BCUT2D eigenvalue weighted by Crippen LogP contribution is 2.43. The third kappa shape index (κ3) is 1.86. The minimum Gasteiger partial charge on any atom is -0.454 e. The average Bonchev–Trinajstić information content (AvgIpc) is 2.98. The van der Waals surface area contributed by atoms with E-state index in [2.05, 4.69) is 5.32 Å². The normalized spacial score (nSPS) is 24.0. The molecule has 2 aliphatic heterocycles. The summed E-state index contributed by atoms with van der Waals surface area (Å²) in [6, 6.07) is 3.68. The van der Waals surface area contributed by atoms with Crippen molar-refractivity contribution in [2.75, 3.05) is 19.9 Å². The van der Waals surface area contributed by atoms with Crippen molar-refractivity contribution in [3.05, 3.63) is 23.3 Å². The quantitative estimate of drug-likeness (QED) is 0.857. The molecular formula is C13H16FNO2. The zero-order valence-corrected chi connectivity index (χ0v) is 9.83. The third-order valence-corrected chi connectivity index (χ3v) is 3.48. The summed E-state index contributed by atoms with van der Waals surface area (Å²) >= 11 is 0. The summed E-state index contributed by atoms with van der Waals surface area (Å²) in [5.74, 6) is 1.90. The van der Waals surface area contributed by atoms with E-state index >= 15 is 0 Å². The predicted molar refractivity (Wildman–Crippen MR) is 62.3 cm³/mol. The molecule has 4 heteroatoms. The van der Waals surface area contributed by atoms with Crippen molar-refractivity contribution in [3.8, 4) is 11.5 Å². The van der Waals surface area contributed by atoms with E-state index in [9.17, 15) is 4.39 Å². The predicted octanol–water partition coefficient (Wildman–Crippen LogP) is 2.52. The highest BCUT2D eigenvalue weighted by molar-refractivity contribution is 5.53. The van der Waals surface area contributed by atoms with Gasteiger partial charge in [-0.1, -0.05) is 0 Å². The first-order valence-electron chi connectivity index (χ1n) is 6.04. The zero-order valence-electron chi connectivity index (χ0n) is 9.83. The molecule has 2 unspecified atom stereocenters. The number of alkyl halides is 1. The van der Waals surface area contributed by atoms with Crippen LogP contribution in [-0.4, -0.2) is 19.9 Å². The van der Waals surface area contributed by atoms with Gasteiger partial charge in [0.25, 0.3) is 0 Å². The molecule has 1 aromatic rings. The van der Waals surface area contributed by atoms with Crippen LogP contribution < -0.4 is 14.8 Å². The van der Waals surface area contributed by atoms with Gasteiger partial charge in [0.1, 0.15) is 6.17 Å². The SMILES string of the molecule is CC(F)c1cc2c(c(C3CCNC3)c1)OCO2. The van der Waals surface area contributed by atoms with Crippen molar-refractivity contribution in [1.82, 2.24) is 5.32 Å². The largest absolute Gasteiger partial charge is 0.454 e. The van der Waals surface area contributed by atoms with E-state index < -0.39 is 6.17 Å². The fourth-order valence-electron chi connectivity index (χ4n) is 2.51. The van der Waals surface area contributed by atoms with Crippen LogP contribution in [0.2, 0.25) is 0 Å². The lowest BCUT2D eigenvalue weighted by atomic mass is 9.94. The molecule has 0 saturated carbocycles. The summed E-state index contributed by atoms with van der Waals surface area (Å²) in [5.41, 5.74) is 1.76. The molecule has 0 aromatic heterocycles. The van der Waals surface area contributed by atoms with Gasteiger partial charge in [-0.15, -0.1) is 0 Å². The van der Waals surface area contributed by atoms with Gasteiger partial charge in [0.2, 0.25) is 6.79 Å². The molecule has 92 valence electrons. The Bertz CT molecular complexity index is 428. The maximum Gasteiger partial charge on any atom is 0.231 e. The number of fused-ring (bicyclic) bond motifs is 1. The van der Waals surface area contributed by atoms with Crippen LogP contribution in [0, 0.1) is 0 Å². The maximum absolute atomic E-state index is 13.5. The van der Waals surface area contributed by atoms with E-state index in [4.69, 9.17) is 9.47 Å². The number of nitrogens with one attached hydrogen (secondary N) is 1. The molecule has 0 spiro atoms. The molecule has 1 saturated heterocycles. The fourth-order valence-corrected chi connectivity index (χ4v) is 2.51. The van der Waals surface area contributed by atoms with Crippen LogP contribution in [0.1, 0.15) is 36.6 Å². The summed E-state index contributed by atoms with van der Waals surface area (Å²) in [7, 11) is 0. The van der Waals surface area contributed by atoms with Crippen molar-refractivity contribution < 1.29 is 13.9 Å². The van der Waals surface area contributed by atoms with Crippen LogP contribution in [0.5, 0.6) is 11.5 Å². The van der Waals surface area contributed by atoms with Gasteiger partial charge in [-0.05, 0) is 37.6 Å². The molecule has 2 aliphatic rings. The molecule has 0 amide bonds. The van der Waals surface area contributed by atoms with Crippen LogP contribution in [0.25, 0.3) is 0 Å². The standard InChI is InChI=1S/C13H16FNO2/c1-8(14)10-4-11(9-2-3-15-6-9)13-12(5-10)16-7-17-13/h4-5,8-9,15H,2-3,6-7H2,1H3. The Hall–Kier alpha value is -1.29. The molecule has 1 fully saturated rings. The number of hydrogen-bond acceptors (Lipinski definition) is 3. The lowest BCUT2D eigenvalue weighted by molar-refractivity contribution is 0.173. The Morgan fingerprint density at radius 2 is 2.29 bits per heavy atom. The van der Waals surface area contributed by atoms with Crippen molar-refractivity contribution in [2.24, 2.45) is 0 Å². The van der Waals surface area contributed by atoms with Crippen LogP contribution >= 0.6 is 0 Å². The van der Waals surface area contributed by atoms with E-state index in [1.165, 1.54) is 0 Å². The summed E-state index contributed by atoms with van der Waals surface area (Å²) in [5, 5.41) is 3.32. The smallest absolute Gasteiger partial charge is 0.231 e. The molecule has 0 radical (unpaired) electrons. The van der Waals surface area contributed by atoms with Gasteiger partial charge < -0.3 is 14.8 Å². The van der Waals surface area contributed by atoms with E-state index in [0.29, 0.717) is 17.2 Å². The molecule has 1 aromatic carbocycles. The molecule has 3 rings (SSSR count). The van der Waals surface area contributed by atoms with Crippen LogP contribution in [0.4, 0.5) is 4.39 Å². The molecule has 17 heavy (non-hydrogen) atoms. The summed E-state index contributed by atoms with van der Waals surface area (Å²) in [6.45, 7) is 3.73. The third-order valence-electron chi connectivity index (χ3n) is 3.48. The van der Waals surface area contributed by atoms with Gasteiger partial charge in [0.05, 0.1) is 0 Å². The zero-order chi connectivity index (χ0) is 11.8. The van der Waals surface area contributed by atoms with Gasteiger partial charge in [0, 0.05) is 18.0 Å². The summed E-state index contributed by atoms with van der Waals surface area (Å²) < 4.78 is 24.3. The second-order valence-corrected chi connectivity index (χ2v) is 4.65. The Morgan fingerprint density at radius 1 is 1.41 bits per heavy atom. The molecule has 3 nitrogen and oxygen atoms in total. The highest BCUT2D eigenvalue weighted by Gasteiger charge is 2.27. The number of rotatable bonds is 2.